The van der Waals surface area contributed by atoms with Gasteiger partial charge in [0.1, 0.15) is 11.6 Å². The molecule has 4 heteroatoms. The number of halogens is 1. The predicted molar refractivity (Wildman–Crippen MR) is 78.3 cm³/mol. The maximum atomic E-state index is 13.6. The van der Waals surface area contributed by atoms with Crippen molar-refractivity contribution in [1.82, 2.24) is 10.3 Å². The van der Waals surface area contributed by atoms with Gasteiger partial charge in [-0.1, -0.05) is 13.0 Å². The number of benzene rings is 1. The van der Waals surface area contributed by atoms with E-state index in [0.717, 1.165) is 23.2 Å². The van der Waals surface area contributed by atoms with Crippen molar-refractivity contribution in [2.75, 3.05) is 13.7 Å². The number of ether oxygens (including phenoxy) is 1. The molecule has 0 amide bonds. The Morgan fingerprint density at radius 1 is 1.30 bits per heavy atom. The third kappa shape index (κ3) is 3.14. The van der Waals surface area contributed by atoms with Crippen molar-refractivity contribution in [3.63, 3.8) is 0 Å². The Morgan fingerprint density at radius 3 is 2.80 bits per heavy atom. The third-order valence-corrected chi connectivity index (χ3v) is 3.25. The van der Waals surface area contributed by atoms with Gasteiger partial charge in [0.05, 0.1) is 13.3 Å². The monoisotopic (exact) mass is 274 g/mol. The third-order valence-electron chi connectivity index (χ3n) is 3.25. The average molecular weight is 274 g/mol. The van der Waals surface area contributed by atoms with Crippen molar-refractivity contribution in [2.24, 2.45) is 0 Å². The number of methoxy groups -OCH3 is 1. The van der Waals surface area contributed by atoms with Crippen LogP contribution in [-0.2, 0) is 0 Å². The van der Waals surface area contributed by atoms with Gasteiger partial charge in [-0.05, 0) is 42.8 Å². The summed E-state index contributed by atoms with van der Waals surface area (Å²) in [6.45, 7) is 4.97. The van der Waals surface area contributed by atoms with Crippen molar-refractivity contribution in [2.45, 2.75) is 19.9 Å². The standard InChI is InChI=1S/C16H19FN2O/c1-4-19-11(2)15-6-5-13(17)8-16(15)12-7-14(20-3)10-18-9-12/h5-11,19H,4H2,1-3H3. The number of nitrogens with zero attached hydrogens (tertiary/aromatic N) is 1. The van der Waals surface area contributed by atoms with Crippen LogP contribution in [0.25, 0.3) is 11.1 Å². The molecule has 0 bridgehead atoms. The van der Waals surface area contributed by atoms with Gasteiger partial charge in [-0.3, -0.25) is 4.98 Å². The van der Waals surface area contributed by atoms with E-state index in [9.17, 15) is 4.39 Å². The summed E-state index contributed by atoms with van der Waals surface area (Å²) in [7, 11) is 1.59. The fourth-order valence-electron chi connectivity index (χ4n) is 2.25. The maximum Gasteiger partial charge on any atom is 0.137 e. The molecule has 0 fully saturated rings. The van der Waals surface area contributed by atoms with E-state index < -0.39 is 0 Å². The molecule has 1 atom stereocenters. The number of aromatic nitrogens is 1. The summed E-state index contributed by atoms with van der Waals surface area (Å²) in [5, 5.41) is 3.35. The second kappa shape index (κ2) is 6.48. The molecule has 106 valence electrons. The normalized spacial score (nSPS) is 12.2. The zero-order valence-electron chi connectivity index (χ0n) is 12.0. The molecule has 1 heterocycles. The fourth-order valence-corrected chi connectivity index (χ4v) is 2.25. The molecule has 0 aliphatic rings. The van der Waals surface area contributed by atoms with E-state index >= 15 is 0 Å². The summed E-state index contributed by atoms with van der Waals surface area (Å²) in [6, 6.07) is 6.85. The number of nitrogens with one attached hydrogen (secondary N) is 1. The van der Waals surface area contributed by atoms with Gasteiger partial charge in [-0.2, -0.15) is 0 Å². The second-order valence-electron chi connectivity index (χ2n) is 4.62. The Balaban J connectivity index is 2.50. The lowest BCUT2D eigenvalue weighted by atomic mass is 9.96. The maximum absolute atomic E-state index is 13.6. The molecule has 1 unspecified atom stereocenters. The Labute approximate surface area is 118 Å². The van der Waals surface area contributed by atoms with Gasteiger partial charge in [0.25, 0.3) is 0 Å². The summed E-state index contributed by atoms with van der Waals surface area (Å²) < 4.78 is 18.8. The highest BCUT2D eigenvalue weighted by atomic mass is 19.1. The van der Waals surface area contributed by atoms with E-state index in [1.807, 2.05) is 19.1 Å². The van der Waals surface area contributed by atoms with E-state index in [-0.39, 0.29) is 11.9 Å². The molecular weight excluding hydrogens is 255 g/mol. The van der Waals surface area contributed by atoms with Crippen LogP contribution in [0.5, 0.6) is 5.75 Å². The first kappa shape index (κ1) is 14.5. The minimum atomic E-state index is -0.254. The highest BCUT2D eigenvalue weighted by Gasteiger charge is 2.13. The highest BCUT2D eigenvalue weighted by Crippen LogP contribution is 2.30. The Hall–Kier alpha value is -1.94. The number of pyridine rings is 1. The van der Waals surface area contributed by atoms with Crippen LogP contribution in [0, 0.1) is 5.82 Å². The first-order chi connectivity index (χ1) is 9.65. The summed E-state index contributed by atoms with van der Waals surface area (Å²) in [5.74, 6) is 0.407. The van der Waals surface area contributed by atoms with Crippen molar-refractivity contribution >= 4 is 0 Å². The molecule has 0 spiro atoms. The molecule has 0 saturated carbocycles. The SMILES string of the molecule is CCNC(C)c1ccc(F)cc1-c1cncc(OC)c1. The van der Waals surface area contributed by atoms with Crippen LogP contribution in [0.1, 0.15) is 25.5 Å². The molecular formula is C16H19FN2O. The van der Waals surface area contributed by atoms with Gasteiger partial charge >= 0.3 is 0 Å². The smallest absolute Gasteiger partial charge is 0.137 e. The average Bonchev–Trinajstić information content (AvgIpc) is 2.47. The minimum Gasteiger partial charge on any atom is -0.495 e. The zero-order valence-corrected chi connectivity index (χ0v) is 12.0. The molecule has 2 rings (SSSR count). The molecule has 0 aliphatic carbocycles. The molecule has 0 radical (unpaired) electrons. The molecule has 1 aromatic heterocycles. The Kier molecular flexibility index (Phi) is 4.69. The number of hydrogen-bond donors (Lipinski definition) is 1. The van der Waals surface area contributed by atoms with Crippen LogP contribution in [0.2, 0.25) is 0 Å². The predicted octanol–water partition coefficient (Wildman–Crippen LogP) is 3.57. The van der Waals surface area contributed by atoms with E-state index in [2.05, 4.69) is 17.2 Å². The zero-order chi connectivity index (χ0) is 14.5. The van der Waals surface area contributed by atoms with Crippen molar-refractivity contribution in [3.05, 3.63) is 48.0 Å². The van der Waals surface area contributed by atoms with Gasteiger partial charge in [-0.25, -0.2) is 4.39 Å². The van der Waals surface area contributed by atoms with Crippen LogP contribution in [-0.4, -0.2) is 18.6 Å². The summed E-state index contributed by atoms with van der Waals surface area (Å²) in [6.07, 6.45) is 3.36. The lowest BCUT2D eigenvalue weighted by Crippen LogP contribution is -2.18. The van der Waals surface area contributed by atoms with E-state index in [4.69, 9.17) is 4.74 Å². The Bertz CT molecular complexity index is 586. The molecule has 20 heavy (non-hydrogen) atoms. The lowest BCUT2D eigenvalue weighted by molar-refractivity contribution is 0.413. The lowest BCUT2D eigenvalue weighted by Gasteiger charge is -2.17. The van der Waals surface area contributed by atoms with Crippen LogP contribution in [0.4, 0.5) is 4.39 Å². The van der Waals surface area contributed by atoms with Crippen LogP contribution in [0.15, 0.2) is 36.7 Å². The summed E-state index contributed by atoms with van der Waals surface area (Å²) in [5.41, 5.74) is 2.73. The van der Waals surface area contributed by atoms with E-state index in [1.165, 1.54) is 6.07 Å². The summed E-state index contributed by atoms with van der Waals surface area (Å²) >= 11 is 0. The second-order valence-corrected chi connectivity index (χ2v) is 4.62. The van der Waals surface area contributed by atoms with Crippen molar-refractivity contribution < 1.29 is 9.13 Å². The van der Waals surface area contributed by atoms with Crippen LogP contribution in [0.3, 0.4) is 0 Å². The number of hydrogen-bond acceptors (Lipinski definition) is 3. The molecule has 0 aliphatic heterocycles. The van der Waals surface area contributed by atoms with Gasteiger partial charge in [-0.15, -0.1) is 0 Å². The number of rotatable bonds is 5. The summed E-state index contributed by atoms with van der Waals surface area (Å²) in [4.78, 5) is 4.14. The largest absolute Gasteiger partial charge is 0.495 e. The van der Waals surface area contributed by atoms with Gasteiger partial charge in [0.2, 0.25) is 0 Å². The van der Waals surface area contributed by atoms with E-state index in [0.29, 0.717) is 5.75 Å². The van der Waals surface area contributed by atoms with Crippen molar-refractivity contribution in [3.8, 4) is 16.9 Å². The van der Waals surface area contributed by atoms with Crippen LogP contribution >= 0.6 is 0 Å². The first-order valence-corrected chi connectivity index (χ1v) is 6.68. The van der Waals surface area contributed by atoms with Gasteiger partial charge < -0.3 is 10.1 Å². The molecule has 3 nitrogen and oxygen atoms in total. The van der Waals surface area contributed by atoms with Gasteiger partial charge in [0.15, 0.2) is 0 Å². The quantitative estimate of drug-likeness (QED) is 0.905. The van der Waals surface area contributed by atoms with Gasteiger partial charge in [0, 0.05) is 17.8 Å². The molecule has 0 saturated heterocycles. The highest BCUT2D eigenvalue weighted by molar-refractivity contribution is 5.68. The first-order valence-electron chi connectivity index (χ1n) is 6.68. The van der Waals surface area contributed by atoms with Crippen LogP contribution < -0.4 is 10.1 Å². The van der Waals surface area contributed by atoms with Crippen molar-refractivity contribution in [1.29, 1.82) is 0 Å². The molecule has 2 aromatic rings. The molecule has 1 N–H and O–H groups in total. The fraction of sp³-hybridized carbons (Fsp3) is 0.312. The van der Waals surface area contributed by atoms with E-state index in [1.54, 1.807) is 25.6 Å². The Morgan fingerprint density at radius 2 is 2.10 bits per heavy atom. The minimum absolute atomic E-state index is 0.141. The topological polar surface area (TPSA) is 34.2 Å². The molecule has 1 aromatic carbocycles.